The quantitative estimate of drug-likeness (QED) is 0.386. The molecule has 1 N–H and O–H groups in total. The van der Waals surface area contributed by atoms with E-state index in [-0.39, 0.29) is 6.61 Å². The summed E-state index contributed by atoms with van der Waals surface area (Å²) in [5.41, 5.74) is 0. The fraction of sp³-hybridized carbons (Fsp3) is 0.500. The first-order valence-electron chi connectivity index (χ1n) is 3.13. The third kappa shape index (κ3) is 6.02. The predicted octanol–water partition coefficient (Wildman–Crippen LogP) is 0.257. The highest BCUT2D eigenvalue weighted by molar-refractivity contribution is 7.74. The molecule has 0 fully saturated rings. The van der Waals surface area contributed by atoms with Gasteiger partial charge in [0, 0.05) is 6.08 Å². The SMILES string of the molecule is C=CC(=O)OC(C)COS(=O)O. The fourth-order valence-corrected chi connectivity index (χ4v) is 0.742. The highest BCUT2D eigenvalue weighted by atomic mass is 32.2. The molecule has 0 aliphatic carbocycles. The van der Waals surface area contributed by atoms with Crippen LogP contribution in [0.3, 0.4) is 0 Å². The first-order valence-corrected chi connectivity index (χ1v) is 4.16. The van der Waals surface area contributed by atoms with E-state index < -0.39 is 23.4 Å². The van der Waals surface area contributed by atoms with Crippen molar-refractivity contribution in [3.05, 3.63) is 12.7 Å². The molecule has 0 bridgehead atoms. The van der Waals surface area contributed by atoms with E-state index in [0.29, 0.717) is 0 Å². The van der Waals surface area contributed by atoms with Crippen molar-refractivity contribution in [2.45, 2.75) is 13.0 Å². The molecule has 0 aliphatic heterocycles. The molecule has 0 saturated heterocycles. The zero-order chi connectivity index (χ0) is 9.56. The van der Waals surface area contributed by atoms with Crippen molar-refractivity contribution in [3.8, 4) is 0 Å². The van der Waals surface area contributed by atoms with Crippen LogP contribution in [0.25, 0.3) is 0 Å². The molecule has 0 saturated carbocycles. The summed E-state index contributed by atoms with van der Waals surface area (Å²) in [5.74, 6) is -0.588. The molecule has 5 nitrogen and oxygen atoms in total. The standard InChI is InChI=1S/C6H10O5S/c1-3-6(7)11-5(2)4-10-12(8)9/h3,5H,1,4H2,2H3,(H,8,9). The molecule has 12 heavy (non-hydrogen) atoms. The predicted molar refractivity (Wildman–Crippen MR) is 42.5 cm³/mol. The number of carbonyl (C=O) groups excluding carboxylic acids is 1. The van der Waals surface area contributed by atoms with Crippen LogP contribution in [-0.4, -0.2) is 27.4 Å². The maximum absolute atomic E-state index is 10.5. The highest BCUT2D eigenvalue weighted by Gasteiger charge is 2.07. The Hall–Kier alpha value is -0.720. The van der Waals surface area contributed by atoms with E-state index in [4.69, 9.17) is 4.55 Å². The lowest BCUT2D eigenvalue weighted by Crippen LogP contribution is -2.19. The van der Waals surface area contributed by atoms with Gasteiger partial charge in [-0.25, -0.2) is 4.79 Å². The molecule has 6 heteroatoms. The Morgan fingerprint density at radius 2 is 2.42 bits per heavy atom. The van der Waals surface area contributed by atoms with Crippen molar-refractivity contribution in [1.82, 2.24) is 0 Å². The van der Waals surface area contributed by atoms with Gasteiger partial charge < -0.3 is 4.74 Å². The van der Waals surface area contributed by atoms with Crippen LogP contribution in [0, 0.1) is 0 Å². The third-order valence-electron chi connectivity index (χ3n) is 0.888. The molecule has 2 atom stereocenters. The average Bonchev–Trinajstić information content (AvgIpc) is 2.00. The first kappa shape index (κ1) is 11.3. The smallest absolute Gasteiger partial charge is 0.330 e. The van der Waals surface area contributed by atoms with Crippen LogP contribution in [0.5, 0.6) is 0 Å². The lowest BCUT2D eigenvalue weighted by molar-refractivity contribution is -0.143. The summed E-state index contributed by atoms with van der Waals surface area (Å²) in [4.78, 5) is 10.5. The van der Waals surface area contributed by atoms with Crippen molar-refractivity contribution in [2.24, 2.45) is 0 Å². The molecule has 0 heterocycles. The van der Waals surface area contributed by atoms with Gasteiger partial charge in [-0.15, -0.1) is 0 Å². The molecule has 70 valence electrons. The molecule has 0 spiro atoms. The molecule has 0 aromatic carbocycles. The van der Waals surface area contributed by atoms with Crippen molar-refractivity contribution in [1.29, 1.82) is 0 Å². The number of hydrogen-bond acceptors (Lipinski definition) is 4. The number of carbonyl (C=O) groups is 1. The van der Waals surface area contributed by atoms with Gasteiger partial charge in [-0.2, -0.15) is 4.21 Å². The van der Waals surface area contributed by atoms with E-state index in [0.717, 1.165) is 6.08 Å². The first-order chi connectivity index (χ1) is 5.56. The Kier molecular flexibility index (Phi) is 5.52. The van der Waals surface area contributed by atoms with Crippen LogP contribution >= 0.6 is 0 Å². The molecule has 2 unspecified atom stereocenters. The van der Waals surface area contributed by atoms with Crippen molar-refractivity contribution >= 4 is 17.3 Å². The van der Waals surface area contributed by atoms with Gasteiger partial charge in [-0.3, -0.25) is 8.74 Å². The van der Waals surface area contributed by atoms with Gasteiger partial charge in [-0.1, -0.05) is 6.58 Å². The maximum atomic E-state index is 10.5. The van der Waals surface area contributed by atoms with Gasteiger partial charge >= 0.3 is 17.3 Å². The van der Waals surface area contributed by atoms with Crippen LogP contribution in [0.15, 0.2) is 12.7 Å². The summed E-state index contributed by atoms with van der Waals surface area (Å²) < 4.78 is 27.1. The van der Waals surface area contributed by atoms with E-state index >= 15 is 0 Å². The molecular weight excluding hydrogens is 184 g/mol. The molecule has 0 amide bonds. The average molecular weight is 194 g/mol. The minimum absolute atomic E-state index is 0.122. The van der Waals surface area contributed by atoms with Crippen LogP contribution in [0.4, 0.5) is 0 Å². The third-order valence-corrected chi connectivity index (χ3v) is 1.23. The molecular formula is C6H10O5S. The van der Waals surface area contributed by atoms with Crippen molar-refractivity contribution < 1.29 is 22.5 Å². The normalized spacial score (nSPS) is 14.8. The van der Waals surface area contributed by atoms with Crippen LogP contribution in [-0.2, 0) is 25.1 Å². The zero-order valence-electron chi connectivity index (χ0n) is 6.56. The van der Waals surface area contributed by atoms with E-state index in [1.165, 1.54) is 6.92 Å². The maximum Gasteiger partial charge on any atom is 0.330 e. The van der Waals surface area contributed by atoms with Gasteiger partial charge in [0.2, 0.25) is 0 Å². The lowest BCUT2D eigenvalue weighted by atomic mass is 10.4. The molecule has 0 aromatic heterocycles. The van der Waals surface area contributed by atoms with Crippen LogP contribution < -0.4 is 0 Å². The van der Waals surface area contributed by atoms with E-state index in [9.17, 15) is 9.00 Å². The van der Waals surface area contributed by atoms with E-state index in [1.807, 2.05) is 0 Å². The summed E-state index contributed by atoms with van der Waals surface area (Å²) in [6, 6.07) is 0. The van der Waals surface area contributed by atoms with Gasteiger partial charge in [0.05, 0.1) is 0 Å². The number of hydrogen-bond donors (Lipinski definition) is 1. The van der Waals surface area contributed by atoms with E-state index in [1.54, 1.807) is 0 Å². The highest BCUT2D eigenvalue weighted by Crippen LogP contribution is 1.94. The Morgan fingerprint density at radius 1 is 1.83 bits per heavy atom. The fourth-order valence-electron chi connectivity index (χ4n) is 0.434. The minimum Gasteiger partial charge on any atom is -0.457 e. The number of ether oxygens (including phenoxy) is 1. The van der Waals surface area contributed by atoms with Crippen molar-refractivity contribution in [2.75, 3.05) is 6.61 Å². The van der Waals surface area contributed by atoms with Gasteiger partial charge in [0.15, 0.2) is 0 Å². The topological polar surface area (TPSA) is 72.8 Å². The van der Waals surface area contributed by atoms with Gasteiger partial charge in [0.1, 0.15) is 12.7 Å². The summed E-state index contributed by atoms with van der Waals surface area (Å²) in [7, 11) is 0. The lowest BCUT2D eigenvalue weighted by Gasteiger charge is -2.09. The van der Waals surface area contributed by atoms with Crippen LogP contribution in [0.2, 0.25) is 0 Å². The van der Waals surface area contributed by atoms with Crippen LogP contribution in [0.1, 0.15) is 6.92 Å². The Bertz CT molecular complexity index is 190. The second-order valence-corrected chi connectivity index (χ2v) is 2.62. The second kappa shape index (κ2) is 5.87. The van der Waals surface area contributed by atoms with Crippen molar-refractivity contribution in [3.63, 3.8) is 0 Å². The summed E-state index contributed by atoms with van der Waals surface area (Å²) in [6.07, 6.45) is 0.443. The van der Waals surface area contributed by atoms with E-state index in [2.05, 4.69) is 15.5 Å². The second-order valence-electron chi connectivity index (χ2n) is 1.95. The molecule has 0 rings (SSSR count). The summed E-state index contributed by atoms with van der Waals surface area (Å²) in [6.45, 7) is 4.60. The van der Waals surface area contributed by atoms with Gasteiger partial charge in [0.25, 0.3) is 0 Å². The molecule has 0 aromatic rings. The summed E-state index contributed by atoms with van der Waals surface area (Å²) >= 11 is -2.32. The Balaban J connectivity index is 3.59. The monoisotopic (exact) mass is 194 g/mol. The minimum atomic E-state index is -2.32. The Morgan fingerprint density at radius 3 is 2.83 bits per heavy atom. The zero-order valence-corrected chi connectivity index (χ0v) is 7.37. The molecule has 0 aliphatic rings. The largest absolute Gasteiger partial charge is 0.457 e. The molecule has 0 radical (unpaired) electrons. The Labute approximate surface area is 72.8 Å². The van der Waals surface area contributed by atoms with Gasteiger partial charge in [-0.05, 0) is 6.92 Å². The number of esters is 1. The number of rotatable bonds is 5. The summed E-state index contributed by atoms with van der Waals surface area (Å²) in [5, 5.41) is 0.